The van der Waals surface area contributed by atoms with Crippen molar-refractivity contribution < 1.29 is 9.59 Å². The van der Waals surface area contributed by atoms with Crippen LogP contribution in [0.4, 0.5) is 21.9 Å². The van der Waals surface area contributed by atoms with Crippen molar-refractivity contribution in [1.82, 2.24) is 9.78 Å². The van der Waals surface area contributed by atoms with Crippen LogP contribution in [0, 0.1) is 12.8 Å². The smallest absolute Gasteiger partial charge is 0.323 e. The third-order valence-corrected chi connectivity index (χ3v) is 3.81. The summed E-state index contributed by atoms with van der Waals surface area (Å²) in [5.41, 5.74) is 2.63. The van der Waals surface area contributed by atoms with E-state index in [1.165, 1.54) is 0 Å². The molecular weight excluding hydrogens is 330 g/mol. The molecule has 26 heavy (non-hydrogen) atoms. The van der Waals surface area contributed by atoms with E-state index in [0.717, 1.165) is 5.56 Å². The zero-order chi connectivity index (χ0) is 19.5. The average Bonchev–Trinajstić information content (AvgIpc) is 2.99. The van der Waals surface area contributed by atoms with Gasteiger partial charge in [-0.05, 0) is 45.4 Å². The number of hydrogen-bond acceptors (Lipinski definition) is 3. The monoisotopic (exact) mass is 357 g/mol. The van der Waals surface area contributed by atoms with Crippen molar-refractivity contribution in [3.8, 4) is 0 Å². The van der Waals surface area contributed by atoms with Gasteiger partial charge >= 0.3 is 6.03 Å². The fraction of sp³-hybridized carbons (Fsp3) is 0.421. The first-order valence-corrected chi connectivity index (χ1v) is 8.61. The second kappa shape index (κ2) is 7.59. The van der Waals surface area contributed by atoms with Crippen LogP contribution < -0.4 is 16.0 Å². The number of carbonyl (C=O) groups excluding carboxylic acids is 2. The topological polar surface area (TPSA) is 88.1 Å². The van der Waals surface area contributed by atoms with Gasteiger partial charge in [0, 0.05) is 23.5 Å². The zero-order valence-corrected chi connectivity index (χ0v) is 16.2. The lowest BCUT2D eigenvalue weighted by Gasteiger charge is -2.18. The molecule has 1 aromatic heterocycles. The van der Waals surface area contributed by atoms with Crippen molar-refractivity contribution in [3.63, 3.8) is 0 Å². The molecular formula is C19H27N5O2. The molecule has 3 N–H and O–H groups in total. The predicted octanol–water partition coefficient (Wildman–Crippen LogP) is 4.19. The molecule has 0 atom stereocenters. The van der Waals surface area contributed by atoms with E-state index in [2.05, 4.69) is 21.0 Å². The van der Waals surface area contributed by atoms with Gasteiger partial charge in [-0.3, -0.25) is 9.48 Å². The highest BCUT2D eigenvalue weighted by atomic mass is 16.2. The number of hydrogen-bond donors (Lipinski definition) is 3. The van der Waals surface area contributed by atoms with Gasteiger partial charge in [0.1, 0.15) is 0 Å². The minimum Gasteiger partial charge on any atom is -0.326 e. The van der Waals surface area contributed by atoms with E-state index in [-0.39, 0.29) is 23.4 Å². The summed E-state index contributed by atoms with van der Waals surface area (Å²) in [7, 11) is 0. The van der Waals surface area contributed by atoms with Crippen LogP contribution in [0.3, 0.4) is 0 Å². The van der Waals surface area contributed by atoms with Gasteiger partial charge in [0.2, 0.25) is 5.91 Å². The fourth-order valence-electron chi connectivity index (χ4n) is 2.16. The first-order chi connectivity index (χ1) is 12.1. The van der Waals surface area contributed by atoms with Crippen LogP contribution in [0.15, 0.2) is 30.6 Å². The lowest BCUT2D eigenvalue weighted by molar-refractivity contribution is -0.118. The Morgan fingerprint density at radius 1 is 1.08 bits per heavy atom. The average molecular weight is 357 g/mol. The molecule has 0 radical (unpaired) electrons. The Hall–Kier alpha value is -2.83. The van der Waals surface area contributed by atoms with Crippen LogP contribution in [-0.2, 0) is 10.3 Å². The van der Waals surface area contributed by atoms with E-state index in [1.54, 1.807) is 23.1 Å². The quantitative estimate of drug-likeness (QED) is 0.767. The number of aromatic nitrogens is 2. The van der Waals surface area contributed by atoms with Gasteiger partial charge in [-0.1, -0.05) is 19.9 Å². The Balaban J connectivity index is 2.06. The van der Waals surface area contributed by atoms with E-state index >= 15 is 0 Å². The van der Waals surface area contributed by atoms with E-state index < -0.39 is 0 Å². The van der Waals surface area contributed by atoms with E-state index in [4.69, 9.17) is 0 Å². The molecule has 0 aliphatic heterocycles. The van der Waals surface area contributed by atoms with Gasteiger partial charge in [0.25, 0.3) is 0 Å². The summed E-state index contributed by atoms with van der Waals surface area (Å²) in [6.45, 7) is 11.6. The van der Waals surface area contributed by atoms with E-state index in [1.807, 2.05) is 53.7 Å². The van der Waals surface area contributed by atoms with E-state index in [0.29, 0.717) is 17.1 Å². The number of nitrogens with one attached hydrogen (secondary N) is 3. The third-order valence-electron chi connectivity index (χ3n) is 3.81. The number of rotatable bonds is 4. The second-order valence-corrected chi connectivity index (χ2v) is 7.60. The summed E-state index contributed by atoms with van der Waals surface area (Å²) in [5, 5.41) is 12.7. The molecule has 1 aromatic carbocycles. The first-order valence-electron chi connectivity index (χ1n) is 8.61. The Kier molecular flexibility index (Phi) is 5.69. The maximum atomic E-state index is 12.3. The number of anilines is 3. The molecule has 0 fully saturated rings. The van der Waals surface area contributed by atoms with Gasteiger partial charge in [0.05, 0.1) is 17.4 Å². The van der Waals surface area contributed by atoms with Gasteiger partial charge < -0.3 is 16.0 Å². The highest BCUT2D eigenvalue weighted by molar-refractivity contribution is 6.01. The van der Waals surface area contributed by atoms with E-state index in [9.17, 15) is 9.59 Å². The Bertz CT molecular complexity index is 803. The molecule has 7 nitrogen and oxygen atoms in total. The lowest BCUT2D eigenvalue weighted by Crippen LogP contribution is -2.22. The minimum atomic E-state index is -0.367. The number of amides is 3. The van der Waals surface area contributed by atoms with Gasteiger partial charge in [-0.25, -0.2) is 4.79 Å². The molecule has 0 bridgehead atoms. The number of carbonyl (C=O) groups is 2. The normalized spacial score (nSPS) is 11.3. The van der Waals surface area contributed by atoms with Crippen LogP contribution in [0.1, 0.15) is 40.2 Å². The number of benzene rings is 1. The molecule has 0 aliphatic rings. The second-order valence-electron chi connectivity index (χ2n) is 7.60. The standard InChI is InChI=1S/C19H27N5O2/c1-12(2)17(25)21-14-8-7-13(3)16(9-14)23-18(26)22-15-10-20-24(11-15)19(4,5)6/h7-12H,1-6H3,(H,21,25)(H2,22,23,26). The summed E-state index contributed by atoms with van der Waals surface area (Å²) in [5.74, 6) is -0.186. The van der Waals surface area contributed by atoms with Crippen molar-refractivity contribution in [2.24, 2.45) is 5.92 Å². The number of urea groups is 1. The highest BCUT2D eigenvalue weighted by Crippen LogP contribution is 2.21. The largest absolute Gasteiger partial charge is 0.326 e. The first kappa shape index (κ1) is 19.5. The Labute approximate surface area is 154 Å². The predicted molar refractivity (Wildman–Crippen MR) is 105 cm³/mol. The molecule has 0 unspecified atom stereocenters. The minimum absolute atomic E-state index is 0.0705. The van der Waals surface area contributed by atoms with Gasteiger partial charge in [-0.15, -0.1) is 0 Å². The Morgan fingerprint density at radius 2 is 1.77 bits per heavy atom. The molecule has 7 heteroatoms. The number of nitrogens with zero attached hydrogens (tertiary/aromatic N) is 2. The number of aryl methyl sites for hydroxylation is 1. The fourth-order valence-corrected chi connectivity index (χ4v) is 2.16. The molecule has 3 amide bonds. The summed E-state index contributed by atoms with van der Waals surface area (Å²) in [6, 6.07) is 5.04. The molecule has 1 heterocycles. The van der Waals surface area contributed by atoms with Crippen molar-refractivity contribution in [2.45, 2.75) is 47.1 Å². The molecule has 0 saturated carbocycles. The van der Waals surface area contributed by atoms with Crippen LogP contribution >= 0.6 is 0 Å². The Morgan fingerprint density at radius 3 is 2.35 bits per heavy atom. The summed E-state index contributed by atoms with van der Waals surface area (Å²) in [6.07, 6.45) is 3.39. The van der Waals surface area contributed by atoms with Crippen molar-refractivity contribution in [2.75, 3.05) is 16.0 Å². The van der Waals surface area contributed by atoms with Crippen molar-refractivity contribution >= 4 is 29.0 Å². The summed E-state index contributed by atoms with van der Waals surface area (Å²) in [4.78, 5) is 24.1. The molecule has 0 spiro atoms. The molecule has 140 valence electrons. The molecule has 0 saturated heterocycles. The van der Waals surface area contributed by atoms with Gasteiger partial charge in [-0.2, -0.15) is 5.10 Å². The maximum Gasteiger partial charge on any atom is 0.323 e. The molecule has 2 rings (SSSR count). The lowest BCUT2D eigenvalue weighted by atomic mass is 10.1. The summed E-state index contributed by atoms with van der Waals surface area (Å²) < 4.78 is 1.79. The van der Waals surface area contributed by atoms with Crippen LogP contribution in [-0.4, -0.2) is 21.7 Å². The highest BCUT2D eigenvalue weighted by Gasteiger charge is 2.15. The van der Waals surface area contributed by atoms with Gasteiger partial charge in [0.15, 0.2) is 0 Å². The molecule has 0 aliphatic carbocycles. The molecule has 2 aromatic rings. The maximum absolute atomic E-state index is 12.3. The third kappa shape index (κ3) is 5.08. The van der Waals surface area contributed by atoms with Crippen LogP contribution in [0.2, 0.25) is 0 Å². The zero-order valence-electron chi connectivity index (χ0n) is 16.2. The van der Waals surface area contributed by atoms with Crippen LogP contribution in [0.25, 0.3) is 0 Å². The van der Waals surface area contributed by atoms with Crippen molar-refractivity contribution in [1.29, 1.82) is 0 Å². The SMILES string of the molecule is Cc1ccc(NC(=O)C(C)C)cc1NC(=O)Nc1cnn(C(C)(C)C)c1. The van der Waals surface area contributed by atoms with Crippen molar-refractivity contribution in [3.05, 3.63) is 36.2 Å². The van der Waals surface area contributed by atoms with Crippen LogP contribution in [0.5, 0.6) is 0 Å². The summed E-state index contributed by atoms with van der Waals surface area (Å²) >= 11 is 0.